The van der Waals surface area contributed by atoms with E-state index in [4.69, 9.17) is 0 Å². The van der Waals surface area contributed by atoms with Gasteiger partial charge in [0.25, 0.3) is 5.91 Å². The molecule has 0 radical (unpaired) electrons. The summed E-state index contributed by atoms with van der Waals surface area (Å²) in [7, 11) is 3.14. The Morgan fingerprint density at radius 1 is 1.25 bits per heavy atom. The van der Waals surface area contributed by atoms with Gasteiger partial charge in [0.2, 0.25) is 5.91 Å². The molecule has 2 amide bonds. The Labute approximate surface area is 141 Å². The molecule has 5 nitrogen and oxygen atoms in total. The Bertz CT molecular complexity index is 635. The molecule has 0 saturated carbocycles. The number of fused-ring (bicyclic) bond motifs is 2. The molecule has 2 bridgehead atoms. The average Bonchev–Trinajstić information content (AvgIpc) is 2.87. The number of benzene rings is 1. The van der Waals surface area contributed by atoms with Crippen LogP contribution in [0.25, 0.3) is 0 Å². The van der Waals surface area contributed by atoms with Gasteiger partial charge in [0.15, 0.2) is 0 Å². The van der Waals surface area contributed by atoms with E-state index in [0.29, 0.717) is 30.1 Å². The SMILES string of the molecule is CN(C)C(=O)c1cc(NC(=O)CC2CC3CCC(C2)N3)ccc1F. The predicted molar refractivity (Wildman–Crippen MR) is 90.3 cm³/mol. The summed E-state index contributed by atoms with van der Waals surface area (Å²) >= 11 is 0. The van der Waals surface area contributed by atoms with Crippen LogP contribution in [0.4, 0.5) is 10.1 Å². The molecule has 2 fully saturated rings. The van der Waals surface area contributed by atoms with Gasteiger partial charge in [-0.05, 0) is 49.8 Å². The smallest absolute Gasteiger partial charge is 0.256 e. The van der Waals surface area contributed by atoms with Crippen molar-refractivity contribution in [2.24, 2.45) is 5.92 Å². The van der Waals surface area contributed by atoms with Crippen molar-refractivity contribution in [3.8, 4) is 0 Å². The monoisotopic (exact) mass is 333 g/mol. The molecule has 24 heavy (non-hydrogen) atoms. The number of nitrogens with one attached hydrogen (secondary N) is 2. The van der Waals surface area contributed by atoms with E-state index in [-0.39, 0.29) is 11.5 Å². The first-order valence-electron chi connectivity index (χ1n) is 8.49. The summed E-state index contributed by atoms with van der Waals surface area (Å²) in [5.74, 6) is -0.677. The van der Waals surface area contributed by atoms with Crippen LogP contribution in [0, 0.1) is 11.7 Å². The largest absolute Gasteiger partial charge is 0.345 e. The van der Waals surface area contributed by atoms with Crippen LogP contribution in [0.3, 0.4) is 0 Å². The van der Waals surface area contributed by atoms with Gasteiger partial charge in [-0.1, -0.05) is 0 Å². The van der Waals surface area contributed by atoms with Crippen molar-refractivity contribution in [1.82, 2.24) is 10.2 Å². The van der Waals surface area contributed by atoms with Gasteiger partial charge in [0, 0.05) is 38.3 Å². The van der Waals surface area contributed by atoms with Crippen LogP contribution in [-0.4, -0.2) is 42.9 Å². The number of hydrogen-bond donors (Lipinski definition) is 2. The van der Waals surface area contributed by atoms with E-state index < -0.39 is 11.7 Å². The molecule has 130 valence electrons. The highest BCUT2D eigenvalue weighted by molar-refractivity contribution is 5.97. The molecule has 0 aromatic heterocycles. The van der Waals surface area contributed by atoms with Crippen molar-refractivity contribution < 1.29 is 14.0 Å². The normalized spacial score (nSPS) is 25.4. The molecule has 2 saturated heterocycles. The second kappa shape index (κ2) is 6.89. The minimum absolute atomic E-state index is 0.0299. The van der Waals surface area contributed by atoms with Gasteiger partial charge < -0.3 is 15.5 Å². The highest BCUT2D eigenvalue weighted by Crippen LogP contribution is 2.32. The summed E-state index contributed by atoms with van der Waals surface area (Å²) < 4.78 is 13.8. The maximum Gasteiger partial charge on any atom is 0.256 e. The average molecular weight is 333 g/mol. The van der Waals surface area contributed by atoms with Gasteiger partial charge in [0.1, 0.15) is 5.82 Å². The molecule has 1 aromatic rings. The minimum Gasteiger partial charge on any atom is -0.345 e. The van der Waals surface area contributed by atoms with Crippen LogP contribution in [0.2, 0.25) is 0 Å². The Morgan fingerprint density at radius 2 is 1.92 bits per heavy atom. The van der Waals surface area contributed by atoms with Crippen LogP contribution in [0.15, 0.2) is 18.2 Å². The Balaban J connectivity index is 1.62. The summed E-state index contributed by atoms with van der Waals surface area (Å²) in [4.78, 5) is 25.6. The summed E-state index contributed by atoms with van der Waals surface area (Å²) in [5.41, 5.74) is 0.432. The molecular formula is C18H24FN3O2. The van der Waals surface area contributed by atoms with Gasteiger partial charge in [-0.3, -0.25) is 9.59 Å². The Morgan fingerprint density at radius 3 is 2.54 bits per heavy atom. The second-order valence-electron chi connectivity index (χ2n) is 7.12. The first-order chi connectivity index (χ1) is 11.4. The molecule has 2 heterocycles. The maximum absolute atomic E-state index is 13.8. The molecule has 2 aliphatic heterocycles. The lowest BCUT2D eigenvalue weighted by Crippen LogP contribution is -2.39. The summed E-state index contributed by atoms with van der Waals surface area (Å²) in [6, 6.07) is 5.22. The van der Waals surface area contributed by atoms with Gasteiger partial charge >= 0.3 is 0 Å². The lowest BCUT2D eigenvalue weighted by Gasteiger charge is -2.28. The molecule has 1 aromatic carbocycles. The van der Waals surface area contributed by atoms with E-state index in [1.807, 2.05) is 0 Å². The van der Waals surface area contributed by atoms with E-state index in [1.54, 1.807) is 14.1 Å². The van der Waals surface area contributed by atoms with Crippen molar-refractivity contribution in [3.63, 3.8) is 0 Å². The van der Waals surface area contributed by atoms with Crippen LogP contribution in [0.1, 0.15) is 42.5 Å². The van der Waals surface area contributed by atoms with Crippen LogP contribution >= 0.6 is 0 Å². The Kier molecular flexibility index (Phi) is 4.85. The number of carbonyl (C=O) groups is 2. The minimum atomic E-state index is -0.582. The fraction of sp³-hybridized carbons (Fsp3) is 0.556. The molecule has 0 spiro atoms. The third kappa shape index (κ3) is 3.75. The van der Waals surface area contributed by atoms with Gasteiger partial charge in [-0.15, -0.1) is 0 Å². The maximum atomic E-state index is 13.8. The van der Waals surface area contributed by atoms with Gasteiger partial charge in [-0.25, -0.2) is 4.39 Å². The second-order valence-corrected chi connectivity index (χ2v) is 7.12. The van der Waals surface area contributed by atoms with Crippen molar-refractivity contribution in [2.75, 3.05) is 19.4 Å². The fourth-order valence-electron chi connectivity index (χ4n) is 3.82. The van der Waals surface area contributed by atoms with Crippen molar-refractivity contribution in [2.45, 2.75) is 44.2 Å². The number of rotatable bonds is 4. The molecular weight excluding hydrogens is 309 g/mol. The number of anilines is 1. The first-order valence-corrected chi connectivity index (χ1v) is 8.49. The van der Waals surface area contributed by atoms with Crippen LogP contribution in [-0.2, 0) is 4.79 Å². The van der Waals surface area contributed by atoms with Gasteiger partial charge in [0.05, 0.1) is 5.56 Å². The van der Waals surface area contributed by atoms with Crippen molar-refractivity contribution >= 4 is 17.5 Å². The fourth-order valence-corrected chi connectivity index (χ4v) is 3.82. The third-order valence-corrected chi connectivity index (χ3v) is 4.93. The molecule has 2 aliphatic rings. The van der Waals surface area contributed by atoms with Crippen LogP contribution in [0.5, 0.6) is 0 Å². The van der Waals surface area contributed by atoms with E-state index in [9.17, 15) is 14.0 Å². The number of amides is 2. The molecule has 2 atom stereocenters. The number of nitrogens with zero attached hydrogens (tertiary/aromatic N) is 1. The lowest BCUT2D eigenvalue weighted by molar-refractivity contribution is -0.117. The van der Waals surface area contributed by atoms with E-state index >= 15 is 0 Å². The molecule has 6 heteroatoms. The molecule has 2 unspecified atom stereocenters. The molecule has 0 aliphatic carbocycles. The van der Waals surface area contributed by atoms with Crippen LogP contribution < -0.4 is 10.6 Å². The lowest BCUT2D eigenvalue weighted by atomic mass is 9.89. The van der Waals surface area contributed by atoms with E-state index in [2.05, 4.69) is 10.6 Å². The quantitative estimate of drug-likeness (QED) is 0.889. The van der Waals surface area contributed by atoms with Crippen molar-refractivity contribution in [3.05, 3.63) is 29.6 Å². The summed E-state index contributed by atoms with van der Waals surface area (Å²) in [6.07, 6.45) is 4.96. The van der Waals surface area contributed by atoms with E-state index in [0.717, 1.165) is 12.8 Å². The van der Waals surface area contributed by atoms with Crippen molar-refractivity contribution in [1.29, 1.82) is 0 Å². The highest BCUT2D eigenvalue weighted by atomic mass is 19.1. The number of halogens is 1. The predicted octanol–water partition coefficient (Wildman–Crippen LogP) is 2.39. The summed E-state index contributed by atoms with van der Waals surface area (Å²) in [5, 5.41) is 6.37. The number of hydrogen-bond acceptors (Lipinski definition) is 3. The zero-order chi connectivity index (χ0) is 17.3. The number of carbonyl (C=O) groups excluding carboxylic acids is 2. The molecule has 3 rings (SSSR count). The summed E-state index contributed by atoms with van der Waals surface area (Å²) in [6.45, 7) is 0. The Hall–Kier alpha value is -1.95. The highest BCUT2D eigenvalue weighted by Gasteiger charge is 2.34. The first kappa shape index (κ1) is 16.9. The third-order valence-electron chi connectivity index (χ3n) is 4.93. The zero-order valence-electron chi connectivity index (χ0n) is 14.1. The van der Waals surface area contributed by atoms with E-state index in [1.165, 1.54) is 35.9 Å². The zero-order valence-corrected chi connectivity index (χ0v) is 14.1. The molecule has 2 N–H and O–H groups in total. The number of piperidine rings is 1. The standard InChI is InChI=1S/C18H24FN3O2/c1-22(2)18(24)15-10-14(5-6-16(15)19)21-17(23)9-11-7-12-3-4-13(8-11)20-12/h5-6,10-13,20H,3-4,7-9H2,1-2H3,(H,21,23). The topological polar surface area (TPSA) is 61.4 Å². The van der Waals surface area contributed by atoms with Gasteiger partial charge in [-0.2, -0.15) is 0 Å².